The van der Waals surface area contributed by atoms with Gasteiger partial charge in [0.15, 0.2) is 0 Å². The van der Waals surface area contributed by atoms with Crippen LogP contribution in [0.3, 0.4) is 0 Å². The van der Waals surface area contributed by atoms with Gasteiger partial charge in [0.05, 0.1) is 19.6 Å². The Morgan fingerprint density at radius 2 is 2.11 bits per heavy atom. The minimum absolute atomic E-state index is 0.0107. The van der Waals surface area contributed by atoms with Gasteiger partial charge in [-0.2, -0.15) is 0 Å². The van der Waals surface area contributed by atoms with Crippen LogP contribution in [-0.4, -0.2) is 74.5 Å². The van der Waals surface area contributed by atoms with Gasteiger partial charge in [-0.05, 0) is 30.0 Å². The molecule has 8 heteroatoms. The van der Waals surface area contributed by atoms with Gasteiger partial charge in [0.2, 0.25) is 11.8 Å². The Labute approximate surface area is 166 Å². The molecule has 1 atom stereocenters. The molecular formula is C20H31N5O3. The van der Waals surface area contributed by atoms with E-state index in [-0.39, 0.29) is 18.2 Å². The standard InChI is InChI=1S/C20H31N5O3/c1-24(8-6-16-12-22-23-13-16)19(26)11-18-20(27)21-7-9-25(18)14-15-4-3-5-17(10-15)28-2/h3-5,10,16,18,22-23H,6-9,11-14H2,1-2H3,(H,21,27). The van der Waals surface area contributed by atoms with Gasteiger partial charge in [0.1, 0.15) is 5.75 Å². The number of carbonyl (C=O) groups is 2. The van der Waals surface area contributed by atoms with E-state index >= 15 is 0 Å². The van der Waals surface area contributed by atoms with Crippen molar-refractivity contribution in [2.75, 3.05) is 46.9 Å². The van der Waals surface area contributed by atoms with Crippen molar-refractivity contribution in [3.05, 3.63) is 29.8 Å². The van der Waals surface area contributed by atoms with E-state index < -0.39 is 6.04 Å². The van der Waals surface area contributed by atoms with Gasteiger partial charge in [0, 0.05) is 46.3 Å². The number of methoxy groups -OCH3 is 1. The molecule has 154 valence electrons. The molecule has 3 rings (SSSR count). The lowest BCUT2D eigenvalue weighted by Crippen LogP contribution is -2.56. The van der Waals surface area contributed by atoms with E-state index in [2.05, 4.69) is 21.1 Å². The smallest absolute Gasteiger partial charge is 0.237 e. The Morgan fingerprint density at radius 3 is 2.86 bits per heavy atom. The molecule has 2 saturated heterocycles. The lowest BCUT2D eigenvalue weighted by molar-refractivity contribution is -0.138. The largest absolute Gasteiger partial charge is 0.497 e. The summed E-state index contributed by atoms with van der Waals surface area (Å²) < 4.78 is 5.29. The third-order valence-electron chi connectivity index (χ3n) is 5.53. The highest BCUT2D eigenvalue weighted by atomic mass is 16.5. The number of ether oxygens (including phenoxy) is 1. The maximum absolute atomic E-state index is 12.7. The first-order chi connectivity index (χ1) is 13.6. The molecule has 1 aromatic carbocycles. The molecule has 0 bridgehead atoms. The minimum atomic E-state index is -0.440. The van der Waals surface area contributed by atoms with Gasteiger partial charge in [-0.3, -0.25) is 25.3 Å². The van der Waals surface area contributed by atoms with Crippen LogP contribution in [0.5, 0.6) is 5.75 Å². The van der Waals surface area contributed by atoms with Crippen molar-refractivity contribution in [2.45, 2.75) is 25.4 Å². The van der Waals surface area contributed by atoms with Gasteiger partial charge < -0.3 is 15.0 Å². The molecule has 0 saturated carbocycles. The third-order valence-corrected chi connectivity index (χ3v) is 5.53. The van der Waals surface area contributed by atoms with Crippen molar-refractivity contribution in [1.82, 2.24) is 26.0 Å². The Hall–Kier alpha value is -2.16. The van der Waals surface area contributed by atoms with Crippen LogP contribution < -0.4 is 20.9 Å². The number of hydrogen-bond acceptors (Lipinski definition) is 6. The molecular weight excluding hydrogens is 358 g/mol. The average Bonchev–Trinajstić information content (AvgIpc) is 3.22. The fraction of sp³-hybridized carbons (Fsp3) is 0.600. The summed E-state index contributed by atoms with van der Waals surface area (Å²) >= 11 is 0. The molecule has 0 radical (unpaired) electrons. The highest BCUT2D eigenvalue weighted by molar-refractivity contribution is 5.88. The van der Waals surface area contributed by atoms with Crippen LogP contribution in [0, 0.1) is 5.92 Å². The molecule has 1 unspecified atom stereocenters. The first kappa shape index (κ1) is 20.6. The number of amides is 2. The van der Waals surface area contributed by atoms with Crippen LogP contribution in [0.15, 0.2) is 24.3 Å². The molecule has 28 heavy (non-hydrogen) atoms. The van der Waals surface area contributed by atoms with E-state index in [4.69, 9.17) is 4.74 Å². The molecule has 2 amide bonds. The summed E-state index contributed by atoms with van der Waals surface area (Å²) in [5, 5.41) is 2.90. The summed E-state index contributed by atoms with van der Waals surface area (Å²) in [5.41, 5.74) is 7.29. The van der Waals surface area contributed by atoms with Crippen molar-refractivity contribution in [2.24, 2.45) is 5.92 Å². The van der Waals surface area contributed by atoms with Crippen molar-refractivity contribution >= 4 is 11.8 Å². The van der Waals surface area contributed by atoms with E-state index in [0.29, 0.717) is 25.6 Å². The molecule has 8 nitrogen and oxygen atoms in total. The Balaban J connectivity index is 1.58. The van der Waals surface area contributed by atoms with Crippen molar-refractivity contribution < 1.29 is 14.3 Å². The summed E-state index contributed by atoms with van der Waals surface area (Å²) in [5.74, 6) is 1.27. The number of hydrogen-bond donors (Lipinski definition) is 3. The van der Waals surface area contributed by atoms with Gasteiger partial charge in [-0.1, -0.05) is 12.1 Å². The molecule has 2 aliphatic heterocycles. The second kappa shape index (κ2) is 9.86. The average molecular weight is 390 g/mol. The quantitative estimate of drug-likeness (QED) is 0.578. The predicted molar refractivity (Wildman–Crippen MR) is 107 cm³/mol. The fourth-order valence-electron chi connectivity index (χ4n) is 3.71. The summed E-state index contributed by atoms with van der Waals surface area (Å²) in [6, 6.07) is 7.39. The van der Waals surface area contributed by atoms with Crippen LogP contribution >= 0.6 is 0 Å². The summed E-state index contributed by atoms with van der Waals surface area (Å²) in [6.07, 6.45) is 1.15. The summed E-state index contributed by atoms with van der Waals surface area (Å²) in [7, 11) is 3.47. The van der Waals surface area contributed by atoms with Gasteiger partial charge >= 0.3 is 0 Å². The Morgan fingerprint density at radius 1 is 1.32 bits per heavy atom. The molecule has 1 aromatic rings. The number of rotatable bonds is 8. The van der Waals surface area contributed by atoms with E-state index in [9.17, 15) is 9.59 Å². The highest BCUT2D eigenvalue weighted by Gasteiger charge is 2.32. The Bertz CT molecular complexity index is 678. The maximum Gasteiger partial charge on any atom is 0.237 e. The number of hydrazine groups is 1. The van der Waals surface area contributed by atoms with Crippen LogP contribution in [0.2, 0.25) is 0 Å². The lowest BCUT2D eigenvalue weighted by atomic mass is 10.0. The van der Waals surface area contributed by atoms with E-state index in [1.54, 1.807) is 12.0 Å². The zero-order valence-electron chi connectivity index (χ0n) is 16.7. The molecule has 3 N–H and O–H groups in total. The van der Waals surface area contributed by atoms with E-state index in [0.717, 1.165) is 37.4 Å². The molecule has 0 spiro atoms. The first-order valence-corrected chi connectivity index (χ1v) is 9.91. The second-order valence-corrected chi connectivity index (χ2v) is 7.56. The number of carbonyl (C=O) groups excluding carboxylic acids is 2. The zero-order valence-corrected chi connectivity index (χ0v) is 16.7. The van der Waals surface area contributed by atoms with Gasteiger partial charge in [-0.25, -0.2) is 0 Å². The zero-order chi connectivity index (χ0) is 19.9. The normalized spacial score (nSPS) is 20.8. The lowest BCUT2D eigenvalue weighted by Gasteiger charge is -2.35. The molecule has 2 fully saturated rings. The van der Waals surface area contributed by atoms with E-state index in [1.807, 2.05) is 31.3 Å². The van der Waals surface area contributed by atoms with Gasteiger partial charge in [-0.15, -0.1) is 0 Å². The van der Waals surface area contributed by atoms with Crippen LogP contribution in [0.4, 0.5) is 0 Å². The first-order valence-electron chi connectivity index (χ1n) is 9.91. The second-order valence-electron chi connectivity index (χ2n) is 7.56. The predicted octanol–water partition coefficient (Wildman–Crippen LogP) is -0.0418. The highest BCUT2D eigenvalue weighted by Crippen LogP contribution is 2.18. The SMILES string of the molecule is COc1cccc(CN2CCNC(=O)C2CC(=O)N(C)CCC2CNNC2)c1. The van der Waals surface area contributed by atoms with Crippen LogP contribution in [0.25, 0.3) is 0 Å². The topological polar surface area (TPSA) is 85.9 Å². The van der Waals surface area contributed by atoms with Crippen molar-refractivity contribution in [3.8, 4) is 5.75 Å². The fourth-order valence-corrected chi connectivity index (χ4v) is 3.71. The minimum Gasteiger partial charge on any atom is -0.497 e. The van der Waals surface area contributed by atoms with Gasteiger partial charge in [0.25, 0.3) is 0 Å². The number of nitrogens with one attached hydrogen (secondary N) is 3. The molecule has 2 heterocycles. The summed E-state index contributed by atoms with van der Waals surface area (Å²) in [4.78, 5) is 29.0. The van der Waals surface area contributed by atoms with Crippen molar-refractivity contribution in [1.29, 1.82) is 0 Å². The van der Waals surface area contributed by atoms with Crippen LogP contribution in [0.1, 0.15) is 18.4 Å². The number of piperazine rings is 1. The molecule has 2 aliphatic rings. The summed E-state index contributed by atoms with van der Waals surface area (Å²) in [6.45, 7) is 4.51. The van der Waals surface area contributed by atoms with Crippen molar-refractivity contribution in [3.63, 3.8) is 0 Å². The Kier molecular flexibility index (Phi) is 7.24. The number of benzene rings is 1. The molecule has 0 aromatic heterocycles. The maximum atomic E-state index is 12.7. The van der Waals surface area contributed by atoms with E-state index in [1.165, 1.54) is 0 Å². The van der Waals surface area contributed by atoms with Crippen LogP contribution in [-0.2, 0) is 16.1 Å². The molecule has 0 aliphatic carbocycles. The third kappa shape index (κ3) is 5.43. The monoisotopic (exact) mass is 389 g/mol. The number of nitrogens with zero attached hydrogens (tertiary/aromatic N) is 2.